The number of rotatable bonds is 2. The molecule has 0 bridgehead atoms. The van der Waals surface area contributed by atoms with E-state index in [1.807, 2.05) is 6.07 Å². The van der Waals surface area contributed by atoms with Crippen LogP contribution in [0.15, 0.2) is 29.9 Å². The molecule has 3 heterocycles. The normalized spacial score (nSPS) is 14.2. The van der Waals surface area contributed by atoms with Crippen LogP contribution in [0.5, 0.6) is 5.75 Å². The number of hydrogen-bond acceptors (Lipinski definition) is 5. The van der Waals surface area contributed by atoms with Gasteiger partial charge in [0.1, 0.15) is 22.7 Å². The maximum absolute atomic E-state index is 5.32. The third-order valence-corrected chi connectivity index (χ3v) is 5.26. The van der Waals surface area contributed by atoms with Crippen LogP contribution in [-0.4, -0.2) is 23.6 Å². The van der Waals surface area contributed by atoms with E-state index in [2.05, 4.69) is 39.3 Å². The molecule has 0 fully saturated rings. The van der Waals surface area contributed by atoms with Gasteiger partial charge in [-0.15, -0.1) is 11.3 Å². The first kappa shape index (κ1) is 13.5. The molecule has 1 aromatic carbocycles. The van der Waals surface area contributed by atoms with Gasteiger partial charge in [0, 0.05) is 13.1 Å². The summed E-state index contributed by atoms with van der Waals surface area (Å²) in [6.45, 7) is 4.00. The number of fused-ring (bicyclic) bond motifs is 2. The summed E-state index contributed by atoms with van der Waals surface area (Å²) in [6, 6.07) is 6.35. The maximum atomic E-state index is 5.32. The zero-order chi connectivity index (χ0) is 15.1. The van der Waals surface area contributed by atoms with Gasteiger partial charge in [0.05, 0.1) is 12.5 Å². The summed E-state index contributed by atoms with van der Waals surface area (Å²) in [4.78, 5) is 12.4. The number of ether oxygens (including phenoxy) is 1. The lowest BCUT2D eigenvalue weighted by Crippen LogP contribution is -2.31. The monoisotopic (exact) mass is 311 g/mol. The van der Waals surface area contributed by atoms with Crippen LogP contribution in [0.4, 0.5) is 5.82 Å². The molecule has 1 aliphatic rings. The Hall–Kier alpha value is -2.14. The molecule has 0 N–H and O–H groups in total. The SMILES string of the molecule is COc1ccc2c(c1)CCN(c1ncnc3scc(C)c13)C2. The van der Waals surface area contributed by atoms with Crippen molar-refractivity contribution in [1.29, 1.82) is 0 Å². The molecule has 112 valence electrons. The highest BCUT2D eigenvalue weighted by atomic mass is 32.1. The second-order valence-electron chi connectivity index (χ2n) is 5.60. The first-order chi connectivity index (χ1) is 10.8. The van der Waals surface area contributed by atoms with Gasteiger partial charge in [-0.3, -0.25) is 0 Å². The predicted octanol–water partition coefficient (Wildman–Crippen LogP) is 3.57. The molecular weight excluding hydrogens is 294 g/mol. The van der Waals surface area contributed by atoms with Gasteiger partial charge < -0.3 is 9.64 Å². The summed E-state index contributed by atoms with van der Waals surface area (Å²) in [7, 11) is 1.72. The number of anilines is 1. The fraction of sp³-hybridized carbons (Fsp3) is 0.294. The minimum absolute atomic E-state index is 0.890. The average molecular weight is 311 g/mol. The van der Waals surface area contributed by atoms with Gasteiger partial charge in [0.15, 0.2) is 0 Å². The predicted molar refractivity (Wildman–Crippen MR) is 89.9 cm³/mol. The van der Waals surface area contributed by atoms with E-state index in [-0.39, 0.29) is 0 Å². The standard InChI is InChI=1S/C17H17N3OS/c1-11-9-22-17-15(11)16(18-10-19-17)20-6-5-12-7-14(21-2)4-3-13(12)8-20/h3-4,7,9-10H,5-6,8H2,1-2H3. The minimum atomic E-state index is 0.890. The van der Waals surface area contributed by atoms with E-state index in [1.54, 1.807) is 24.8 Å². The molecule has 22 heavy (non-hydrogen) atoms. The number of methoxy groups -OCH3 is 1. The van der Waals surface area contributed by atoms with Crippen molar-refractivity contribution in [2.45, 2.75) is 19.9 Å². The summed E-state index contributed by atoms with van der Waals surface area (Å²) in [5, 5.41) is 3.36. The van der Waals surface area contributed by atoms with Gasteiger partial charge in [0.25, 0.3) is 0 Å². The Balaban J connectivity index is 1.73. The molecular formula is C17H17N3OS. The molecule has 5 heteroatoms. The molecule has 0 unspecified atom stereocenters. The van der Waals surface area contributed by atoms with Crippen molar-refractivity contribution in [3.05, 3.63) is 46.6 Å². The number of aromatic nitrogens is 2. The van der Waals surface area contributed by atoms with Gasteiger partial charge in [-0.25, -0.2) is 9.97 Å². The van der Waals surface area contributed by atoms with Crippen LogP contribution in [0.2, 0.25) is 0 Å². The van der Waals surface area contributed by atoms with E-state index >= 15 is 0 Å². The first-order valence-corrected chi connectivity index (χ1v) is 8.24. The molecule has 0 atom stereocenters. The van der Waals surface area contributed by atoms with Crippen molar-refractivity contribution in [2.75, 3.05) is 18.6 Å². The second kappa shape index (κ2) is 5.25. The van der Waals surface area contributed by atoms with Gasteiger partial charge in [-0.2, -0.15) is 0 Å². The van der Waals surface area contributed by atoms with Gasteiger partial charge in [-0.1, -0.05) is 6.07 Å². The Labute approximate surface area is 133 Å². The van der Waals surface area contributed by atoms with Crippen LogP contribution in [0.1, 0.15) is 16.7 Å². The van der Waals surface area contributed by atoms with Crippen LogP contribution >= 0.6 is 11.3 Å². The van der Waals surface area contributed by atoms with Gasteiger partial charge in [-0.05, 0) is 47.5 Å². The van der Waals surface area contributed by atoms with E-state index in [0.29, 0.717) is 0 Å². The number of thiophene rings is 1. The third kappa shape index (κ3) is 2.13. The van der Waals surface area contributed by atoms with Crippen LogP contribution in [0.3, 0.4) is 0 Å². The summed E-state index contributed by atoms with van der Waals surface area (Å²) in [5.74, 6) is 2.00. The van der Waals surface area contributed by atoms with Gasteiger partial charge >= 0.3 is 0 Å². The average Bonchev–Trinajstić information content (AvgIpc) is 2.95. The van der Waals surface area contributed by atoms with E-state index in [0.717, 1.165) is 35.9 Å². The van der Waals surface area contributed by atoms with Crippen molar-refractivity contribution >= 4 is 27.4 Å². The molecule has 2 aromatic heterocycles. The zero-order valence-electron chi connectivity index (χ0n) is 12.7. The Kier molecular flexibility index (Phi) is 3.22. The molecule has 4 nitrogen and oxygen atoms in total. The molecule has 0 saturated heterocycles. The molecule has 4 rings (SSSR count). The van der Waals surface area contributed by atoms with Crippen molar-refractivity contribution in [3.8, 4) is 5.75 Å². The van der Waals surface area contributed by atoms with Crippen LogP contribution in [-0.2, 0) is 13.0 Å². The summed E-state index contributed by atoms with van der Waals surface area (Å²) >= 11 is 1.69. The van der Waals surface area contributed by atoms with E-state index in [9.17, 15) is 0 Å². The molecule has 3 aromatic rings. The number of aryl methyl sites for hydroxylation is 1. The summed E-state index contributed by atoms with van der Waals surface area (Å²) < 4.78 is 5.32. The Bertz CT molecular complexity index is 843. The first-order valence-electron chi connectivity index (χ1n) is 7.36. The highest BCUT2D eigenvalue weighted by Crippen LogP contribution is 2.33. The summed E-state index contributed by atoms with van der Waals surface area (Å²) in [6.07, 6.45) is 2.69. The molecule has 0 aliphatic carbocycles. The quantitative estimate of drug-likeness (QED) is 0.725. The molecule has 1 aliphatic heterocycles. The van der Waals surface area contributed by atoms with Crippen molar-refractivity contribution in [3.63, 3.8) is 0 Å². The van der Waals surface area contributed by atoms with Gasteiger partial charge in [0.2, 0.25) is 0 Å². The largest absolute Gasteiger partial charge is 0.497 e. The minimum Gasteiger partial charge on any atom is -0.497 e. The van der Waals surface area contributed by atoms with Crippen molar-refractivity contribution in [1.82, 2.24) is 9.97 Å². The fourth-order valence-corrected chi connectivity index (χ4v) is 3.96. The summed E-state index contributed by atoms with van der Waals surface area (Å²) in [5.41, 5.74) is 3.99. The molecule has 0 saturated carbocycles. The maximum Gasteiger partial charge on any atom is 0.141 e. The molecule has 0 amide bonds. The Morgan fingerprint density at radius 2 is 2.14 bits per heavy atom. The van der Waals surface area contributed by atoms with Crippen molar-refractivity contribution in [2.24, 2.45) is 0 Å². The Morgan fingerprint density at radius 1 is 1.23 bits per heavy atom. The van der Waals surface area contributed by atoms with Crippen LogP contribution < -0.4 is 9.64 Å². The Morgan fingerprint density at radius 3 is 3.00 bits per heavy atom. The van der Waals surface area contributed by atoms with E-state index in [1.165, 1.54) is 22.1 Å². The van der Waals surface area contributed by atoms with Crippen LogP contribution in [0, 0.1) is 6.92 Å². The highest BCUT2D eigenvalue weighted by molar-refractivity contribution is 7.17. The number of nitrogens with zero attached hydrogens (tertiary/aromatic N) is 3. The zero-order valence-corrected chi connectivity index (χ0v) is 13.5. The van der Waals surface area contributed by atoms with E-state index < -0.39 is 0 Å². The lowest BCUT2D eigenvalue weighted by molar-refractivity contribution is 0.414. The molecule has 0 spiro atoms. The van der Waals surface area contributed by atoms with Crippen LogP contribution in [0.25, 0.3) is 10.2 Å². The highest BCUT2D eigenvalue weighted by Gasteiger charge is 2.21. The fourth-order valence-electron chi connectivity index (χ4n) is 3.08. The smallest absolute Gasteiger partial charge is 0.141 e. The number of hydrogen-bond donors (Lipinski definition) is 0. The molecule has 0 radical (unpaired) electrons. The lowest BCUT2D eigenvalue weighted by atomic mass is 9.99. The van der Waals surface area contributed by atoms with Crippen molar-refractivity contribution < 1.29 is 4.74 Å². The second-order valence-corrected chi connectivity index (χ2v) is 6.46. The topological polar surface area (TPSA) is 38.2 Å². The lowest BCUT2D eigenvalue weighted by Gasteiger charge is -2.30. The van der Waals surface area contributed by atoms with E-state index in [4.69, 9.17) is 4.74 Å². The number of benzene rings is 1. The third-order valence-electron chi connectivity index (χ3n) is 4.26.